The van der Waals surface area contributed by atoms with Crippen LogP contribution in [0.4, 0.5) is 0 Å². The van der Waals surface area contributed by atoms with Crippen LogP contribution in [-0.4, -0.2) is 21.3 Å². The van der Waals surface area contributed by atoms with Gasteiger partial charge >= 0.3 is 0 Å². The number of benzene rings is 2. The monoisotopic (exact) mass is 338 g/mol. The molecule has 0 bridgehead atoms. The second kappa shape index (κ2) is 7.28. The first-order valence-electron chi connectivity index (χ1n) is 8.83. The average Bonchev–Trinajstić information content (AvgIpc) is 2.94. The third-order valence-electron chi connectivity index (χ3n) is 4.24. The zero-order valence-corrected chi connectivity index (χ0v) is 15.2. The third-order valence-corrected chi connectivity index (χ3v) is 4.24. The van der Waals surface area contributed by atoms with Crippen LogP contribution in [0.1, 0.15) is 38.1 Å². The van der Waals surface area contributed by atoms with Crippen molar-refractivity contribution < 1.29 is 9.84 Å². The second-order valence-electron chi connectivity index (χ2n) is 7.01. The molecule has 1 heterocycles. The molecule has 0 atom stereocenters. The molecule has 0 saturated heterocycles. The summed E-state index contributed by atoms with van der Waals surface area (Å²) >= 11 is 0. The molecule has 0 aliphatic rings. The highest BCUT2D eigenvalue weighted by Gasteiger charge is 2.24. The number of imidazole rings is 1. The summed E-state index contributed by atoms with van der Waals surface area (Å²) in [6.45, 7) is 7.14. The molecule has 0 unspecified atom stereocenters. The first-order valence-corrected chi connectivity index (χ1v) is 8.83. The van der Waals surface area contributed by atoms with Gasteiger partial charge < -0.3 is 14.4 Å². The van der Waals surface area contributed by atoms with E-state index in [9.17, 15) is 5.11 Å². The molecule has 2 aromatic carbocycles. The minimum absolute atomic E-state index is 0.688. The summed E-state index contributed by atoms with van der Waals surface area (Å²) in [5.41, 5.74) is 2.24. The number of aryl methyl sites for hydroxylation is 2. The number of para-hydroxylation sites is 2. The molecule has 4 heteroatoms. The highest BCUT2D eigenvalue weighted by Crippen LogP contribution is 2.25. The summed E-state index contributed by atoms with van der Waals surface area (Å²) in [5.74, 6) is 1.64. The molecule has 132 valence electrons. The van der Waals surface area contributed by atoms with Crippen LogP contribution in [0, 0.1) is 6.92 Å². The Bertz CT molecular complexity index is 846. The lowest BCUT2D eigenvalue weighted by Gasteiger charge is -2.19. The molecule has 0 aliphatic heterocycles. The van der Waals surface area contributed by atoms with Gasteiger partial charge in [0.2, 0.25) is 0 Å². The van der Waals surface area contributed by atoms with Crippen LogP contribution in [-0.2, 0) is 12.1 Å². The van der Waals surface area contributed by atoms with Gasteiger partial charge in [-0.15, -0.1) is 0 Å². The quantitative estimate of drug-likeness (QED) is 0.648. The van der Waals surface area contributed by atoms with Crippen LogP contribution < -0.4 is 4.74 Å². The Morgan fingerprint density at radius 1 is 1.08 bits per heavy atom. The maximum absolute atomic E-state index is 10.4. The van der Waals surface area contributed by atoms with Gasteiger partial charge in [0.15, 0.2) is 0 Å². The molecule has 25 heavy (non-hydrogen) atoms. The Kier molecular flexibility index (Phi) is 5.09. The fourth-order valence-electron chi connectivity index (χ4n) is 3.04. The number of hydrogen-bond donors (Lipinski definition) is 1. The smallest absolute Gasteiger partial charge is 0.141 e. The summed E-state index contributed by atoms with van der Waals surface area (Å²) in [7, 11) is 0. The van der Waals surface area contributed by atoms with Gasteiger partial charge in [-0.2, -0.15) is 0 Å². The number of unbranched alkanes of at least 4 members (excludes halogenated alkanes) is 1. The molecule has 1 N–H and O–H groups in total. The summed E-state index contributed by atoms with van der Waals surface area (Å²) in [6.07, 6.45) is 1.92. The highest BCUT2D eigenvalue weighted by atomic mass is 16.5. The minimum atomic E-state index is -0.961. The Morgan fingerprint density at radius 2 is 1.88 bits per heavy atom. The lowest BCUT2D eigenvalue weighted by Crippen LogP contribution is -2.22. The number of hydrogen-bond acceptors (Lipinski definition) is 3. The van der Waals surface area contributed by atoms with E-state index in [1.54, 1.807) is 13.8 Å². The van der Waals surface area contributed by atoms with Crippen LogP contribution in [0.3, 0.4) is 0 Å². The molecule has 0 fully saturated rings. The number of nitrogens with zero attached hydrogens (tertiary/aromatic N) is 2. The van der Waals surface area contributed by atoms with Gasteiger partial charge in [0.25, 0.3) is 0 Å². The zero-order chi connectivity index (χ0) is 17.9. The van der Waals surface area contributed by atoms with Crippen LogP contribution in [0.5, 0.6) is 5.75 Å². The van der Waals surface area contributed by atoms with Gasteiger partial charge in [0.05, 0.1) is 17.6 Å². The Morgan fingerprint density at radius 3 is 2.64 bits per heavy atom. The summed E-state index contributed by atoms with van der Waals surface area (Å²) in [6, 6.07) is 16.1. The predicted octanol–water partition coefficient (Wildman–Crippen LogP) is 4.43. The number of aliphatic hydroxyl groups is 1. The maximum atomic E-state index is 10.4. The van der Waals surface area contributed by atoms with Crippen LogP contribution in [0.2, 0.25) is 0 Å². The van der Waals surface area contributed by atoms with Crippen LogP contribution in [0.15, 0.2) is 48.5 Å². The maximum Gasteiger partial charge on any atom is 0.141 e. The van der Waals surface area contributed by atoms with E-state index in [4.69, 9.17) is 4.74 Å². The van der Waals surface area contributed by atoms with Gasteiger partial charge in [0.1, 0.15) is 17.2 Å². The second-order valence-corrected chi connectivity index (χ2v) is 7.01. The van der Waals surface area contributed by atoms with Gasteiger partial charge in [-0.05, 0) is 63.4 Å². The molecule has 0 saturated carbocycles. The van der Waals surface area contributed by atoms with Crippen molar-refractivity contribution in [3.8, 4) is 5.75 Å². The molecule has 3 rings (SSSR count). The van der Waals surface area contributed by atoms with Crippen molar-refractivity contribution >= 4 is 11.0 Å². The van der Waals surface area contributed by atoms with Gasteiger partial charge in [-0.3, -0.25) is 0 Å². The van der Waals surface area contributed by atoms with E-state index in [1.807, 2.05) is 30.3 Å². The van der Waals surface area contributed by atoms with E-state index in [0.29, 0.717) is 12.4 Å². The van der Waals surface area contributed by atoms with E-state index in [-0.39, 0.29) is 0 Å². The van der Waals surface area contributed by atoms with Crippen molar-refractivity contribution in [3.05, 3.63) is 59.9 Å². The lowest BCUT2D eigenvalue weighted by atomic mass is 10.1. The molecule has 3 aromatic rings. The molecule has 0 spiro atoms. The van der Waals surface area contributed by atoms with Gasteiger partial charge in [0, 0.05) is 6.54 Å². The Balaban J connectivity index is 1.63. The van der Waals surface area contributed by atoms with Crippen molar-refractivity contribution in [1.29, 1.82) is 0 Å². The predicted molar refractivity (Wildman–Crippen MR) is 101 cm³/mol. The zero-order valence-electron chi connectivity index (χ0n) is 15.2. The van der Waals surface area contributed by atoms with Crippen molar-refractivity contribution in [2.24, 2.45) is 0 Å². The van der Waals surface area contributed by atoms with Crippen molar-refractivity contribution in [2.75, 3.05) is 6.61 Å². The molecule has 0 amide bonds. The fourth-order valence-corrected chi connectivity index (χ4v) is 3.04. The highest BCUT2D eigenvalue weighted by molar-refractivity contribution is 5.76. The Labute approximate surface area is 149 Å². The molecule has 0 radical (unpaired) electrons. The Hall–Kier alpha value is -2.33. The topological polar surface area (TPSA) is 47.3 Å². The summed E-state index contributed by atoms with van der Waals surface area (Å²) in [5, 5.41) is 10.4. The van der Waals surface area contributed by atoms with Crippen molar-refractivity contribution in [2.45, 2.75) is 45.8 Å². The van der Waals surface area contributed by atoms with Crippen molar-refractivity contribution in [3.63, 3.8) is 0 Å². The molecule has 0 aliphatic carbocycles. The number of ether oxygens (including phenoxy) is 1. The first-order chi connectivity index (χ1) is 11.9. The fraction of sp³-hybridized carbons (Fsp3) is 0.381. The van der Waals surface area contributed by atoms with E-state index in [1.165, 1.54) is 5.56 Å². The van der Waals surface area contributed by atoms with Gasteiger partial charge in [-0.25, -0.2) is 4.98 Å². The molecular weight excluding hydrogens is 312 g/mol. The SMILES string of the molecule is Cc1cccc(OCCCCn2c(C(C)(C)O)nc3ccccc32)c1. The van der Waals surface area contributed by atoms with E-state index < -0.39 is 5.60 Å². The molecular formula is C21H26N2O2. The molecule has 4 nitrogen and oxygen atoms in total. The number of rotatable bonds is 7. The van der Waals surface area contributed by atoms with Gasteiger partial charge in [-0.1, -0.05) is 24.3 Å². The standard InChI is InChI=1S/C21H26N2O2/c1-16-9-8-10-17(15-16)25-14-7-6-13-23-19-12-5-4-11-18(19)22-20(23)21(2,3)24/h4-5,8-12,15,24H,6-7,13-14H2,1-3H3. The first kappa shape index (κ1) is 17.5. The van der Waals surface area contributed by atoms with Crippen LogP contribution in [0.25, 0.3) is 11.0 Å². The third kappa shape index (κ3) is 4.20. The van der Waals surface area contributed by atoms with Crippen LogP contribution >= 0.6 is 0 Å². The molecule has 1 aromatic heterocycles. The largest absolute Gasteiger partial charge is 0.494 e. The van der Waals surface area contributed by atoms with E-state index in [2.05, 4.69) is 34.7 Å². The van der Waals surface area contributed by atoms with E-state index in [0.717, 1.165) is 36.2 Å². The van der Waals surface area contributed by atoms with E-state index >= 15 is 0 Å². The average molecular weight is 338 g/mol. The minimum Gasteiger partial charge on any atom is -0.494 e. The normalized spacial score (nSPS) is 11.8. The lowest BCUT2D eigenvalue weighted by molar-refractivity contribution is 0.0650. The summed E-state index contributed by atoms with van der Waals surface area (Å²) in [4.78, 5) is 4.62. The number of aromatic nitrogens is 2. The number of fused-ring (bicyclic) bond motifs is 1. The van der Waals surface area contributed by atoms with Crippen molar-refractivity contribution in [1.82, 2.24) is 9.55 Å². The summed E-state index contributed by atoms with van der Waals surface area (Å²) < 4.78 is 7.94.